The van der Waals surface area contributed by atoms with Gasteiger partial charge in [-0.2, -0.15) is 5.16 Å². The van der Waals surface area contributed by atoms with E-state index >= 15 is 0 Å². The Labute approximate surface area is 135 Å². The fourth-order valence-corrected chi connectivity index (χ4v) is 3.89. The number of nitrogens with zero attached hydrogens (tertiary/aromatic N) is 1. The molecule has 0 spiro atoms. The van der Waals surface area contributed by atoms with Crippen LogP contribution in [-0.2, 0) is 0 Å². The van der Waals surface area contributed by atoms with Crippen molar-refractivity contribution in [1.82, 2.24) is 10.1 Å². The van der Waals surface area contributed by atoms with Crippen molar-refractivity contribution in [2.75, 3.05) is 0 Å². The zero-order valence-electron chi connectivity index (χ0n) is 13.2. The Morgan fingerprint density at radius 2 is 1.96 bits per heavy atom. The summed E-state index contributed by atoms with van der Waals surface area (Å²) >= 11 is 0. The summed E-state index contributed by atoms with van der Waals surface area (Å²) in [5.41, 5.74) is 0.521. The quantitative estimate of drug-likeness (QED) is 0.932. The second-order valence-electron chi connectivity index (χ2n) is 6.83. The number of aromatic amines is 1. The van der Waals surface area contributed by atoms with Gasteiger partial charge in [0.25, 0.3) is 5.56 Å². The summed E-state index contributed by atoms with van der Waals surface area (Å²) in [6.45, 7) is 0. The maximum absolute atomic E-state index is 11.1. The van der Waals surface area contributed by atoms with Crippen molar-refractivity contribution in [3.05, 3.63) is 34.7 Å². The van der Waals surface area contributed by atoms with Crippen LogP contribution in [0.4, 0.5) is 0 Å². The van der Waals surface area contributed by atoms with Crippen LogP contribution in [-0.4, -0.2) is 16.2 Å². The largest absolute Gasteiger partial charge is 0.474 e. The van der Waals surface area contributed by atoms with Gasteiger partial charge in [0, 0.05) is 17.8 Å². The molecule has 2 aromatic rings. The van der Waals surface area contributed by atoms with Gasteiger partial charge in [0.15, 0.2) is 5.76 Å². The second-order valence-corrected chi connectivity index (χ2v) is 6.83. The number of pyridine rings is 1. The predicted molar refractivity (Wildman–Crippen MR) is 86.3 cm³/mol. The van der Waals surface area contributed by atoms with Crippen LogP contribution < -0.4 is 10.3 Å². The Bertz CT molecular complexity index is 692. The van der Waals surface area contributed by atoms with E-state index in [1.807, 2.05) is 12.1 Å². The molecule has 0 aliphatic heterocycles. The Balaban J connectivity index is 1.31. The van der Waals surface area contributed by atoms with Gasteiger partial charge in [-0.05, 0) is 30.7 Å². The minimum Gasteiger partial charge on any atom is -0.474 e. The van der Waals surface area contributed by atoms with Gasteiger partial charge in [0.1, 0.15) is 6.10 Å². The molecule has 5 heteroatoms. The summed E-state index contributed by atoms with van der Waals surface area (Å²) in [7, 11) is 0. The van der Waals surface area contributed by atoms with Crippen molar-refractivity contribution in [2.45, 2.75) is 51.0 Å². The number of hydrogen-bond acceptors (Lipinski definition) is 4. The Hall–Kier alpha value is -2.04. The van der Waals surface area contributed by atoms with Gasteiger partial charge >= 0.3 is 0 Å². The van der Waals surface area contributed by atoms with Crippen molar-refractivity contribution < 1.29 is 9.26 Å². The minimum absolute atomic E-state index is 0.247. The van der Waals surface area contributed by atoms with Crippen molar-refractivity contribution in [3.8, 4) is 17.2 Å². The molecule has 0 unspecified atom stereocenters. The molecule has 2 aliphatic rings. The van der Waals surface area contributed by atoms with Gasteiger partial charge in [0.05, 0.1) is 6.07 Å². The first-order valence-electron chi connectivity index (χ1n) is 8.59. The number of hydrogen-bond donors (Lipinski definition) is 1. The molecule has 0 bridgehead atoms. The van der Waals surface area contributed by atoms with Crippen LogP contribution in [0.15, 0.2) is 33.7 Å². The number of ether oxygens (including phenoxy) is 1. The molecule has 2 aliphatic carbocycles. The van der Waals surface area contributed by atoms with E-state index in [1.165, 1.54) is 51.0 Å². The summed E-state index contributed by atoms with van der Waals surface area (Å²) in [5.74, 6) is 2.93. The smallest absolute Gasteiger partial charge is 0.280 e. The number of aromatic nitrogens is 2. The van der Waals surface area contributed by atoms with Crippen LogP contribution in [0.25, 0.3) is 11.3 Å². The molecule has 2 saturated carbocycles. The molecule has 0 amide bonds. The molecule has 0 aromatic carbocycles. The topological polar surface area (TPSA) is 68.1 Å². The highest BCUT2D eigenvalue weighted by atomic mass is 16.5. The lowest BCUT2D eigenvalue weighted by Crippen LogP contribution is -2.38. The molecule has 23 heavy (non-hydrogen) atoms. The Morgan fingerprint density at radius 1 is 1.13 bits per heavy atom. The third-order valence-corrected chi connectivity index (χ3v) is 5.28. The molecule has 0 radical (unpaired) electrons. The van der Waals surface area contributed by atoms with Gasteiger partial charge in [-0.15, -0.1) is 0 Å². The van der Waals surface area contributed by atoms with Crippen LogP contribution in [0.5, 0.6) is 5.88 Å². The SMILES string of the molecule is O=c1cc(-c2ccc(OC3CC(C4CCCCC4)C3)nc2)o[nH]1. The van der Waals surface area contributed by atoms with E-state index in [1.54, 1.807) is 6.20 Å². The van der Waals surface area contributed by atoms with Crippen LogP contribution in [0.2, 0.25) is 0 Å². The fourth-order valence-electron chi connectivity index (χ4n) is 3.89. The van der Waals surface area contributed by atoms with Crippen molar-refractivity contribution >= 4 is 0 Å². The monoisotopic (exact) mass is 314 g/mol. The molecule has 2 heterocycles. The first kappa shape index (κ1) is 14.5. The molecule has 0 saturated heterocycles. The van der Waals surface area contributed by atoms with Crippen molar-refractivity contribution in [2.24, 2.45) is 11.8 Å². The second kappa shape index (κ2) is 6.22. The van der Waals surface area contributed by atoms with E-state index in [4.69, 9.17) is 9.26 Å². The van der Waals surface area contributed by atoms with Crippen LogP contribution in [0.1, 0.15) is 44.9 Å². The Kier molecular flexibility index (Phi) is 3.93. The highest BCUT2D eigenvalue weighted by molar-refractivity contribution is 5.55. The summed E-state index contributed by atoms with van der Waals surface area (Å²) in [6.07, 6.45) is 11.4. The summed E-state index contributed by atoms with van der Waals surface area (Å²) < 4.78 is 11.0. The lowest BCUT2D eigenvalue weighted by atomic mass is 9.68. The third-order valence-electron chi connectivity index (χ3n) is 5.28. The van der Waals surface area contributed by atoms with E-state index in [0.29, 0.717) is 17.7 Å². The third kappa shape index (κ3) is 3.19. The standard InChI is InChI=1S/C18H22N2O3/c21-17-10-16(23-20-17)13-6-7-18(19-11-13)22-15-8-14(9-15)12-4-2-1-3-5-12/h6-7,10-12,14-15H,1-5,8-9H2,(H,20,21). The highest BCUT2D eigenvalue weighted by Gasteiger charge is 2.36. The average molecular weight is 314 g/mol. The first-order chi connectivity index (χ1) is 11.3. The van der Waals surface area contributed by atoms with E-state index in [9.17, 15) is 4.79 Å². The molecule has 1 N–H and O–H groups in total. The molecule has 122 valence electrons. The van der Waals surface area contributed by atoms with Gasteiger partial charge in [0.2, 0.25) is 5.88 Å². The number of rotatable bonds is 4. The molecule has 2 fully saturated rings. The molecule has 0 atom stereocenters. The zero-order chi connectivity index (χ0) is 15.6. The van der Waals surface area contributed by atoms with E-state index < -0.39 is 0 Å². The summed E-state index contributed by atoms with van der Waals surface area (Å²) in [6, 6.07) is 5.13. The molecular formula is C18H22N2O3. The molecule has 4 rings (SSSR count). The van der Waals surface area contributed by atoms with Gasteiger partial charge in [-0.3, -0.25) is 4.79 Å². The highest BCUT2D eigenvalue weighted by Crippen LogP contribution is 2.42. The summed E-state index contributed by atoms with van der Waals surface area (Å²) in [4.78, 5) is 15.4. The normalized spacial score (nSPS) is 25.0. The first-order valence-corrected chi connectivity index (χ1v) is 8.59. The van der Waals surface area contributed by atoms with Crippen molar-refractivity contribution in [3.63, 3.8) is 0 Å². The van der Waals surface area contributed by atoms with Gasteiger partial charge in [-0.25, -0.2) is 4.98 Å². The predicted octanol–water partition coefficient (Wildman–Crippen LogP) is 3.77. The van der Waals surface area contributed by atoms with Gasteiger partial charge in [-0.1, -0.05) is 32.1 Å². The number of H-pyrrole nitrogens is 1. The van der Waals surface area contributed by atoms with E-state index in [0.717, 1.165) is 17.4 Å². The van der Waals surface area contributed by atoms with Crippen LogP contribution in [0, 0.1) is 11.8 Å². The zero-order valence-corrected chi connectivity index (χ0v) is 13.2. The lowest BCUT2D eigenvalue weighted by Gasteiger charge is -2.41. The molecule has 5 nitrogen and oxygen atoms in total. The maximum Gasteiger partial charge on any atom is 0.280 e. The minimum atomic E-state index is -0.247. The maximum atomic E-state index is 11.1. The fraction of sp³-hybridized carbons (Fsp3) is 0.556. The number of nitrogens with one attached hydrogen (secondary N) is 1. The van der Waals surface area contributed by atoms with Crippen LogP contribution in [0.3, 0.4) is 0 Å². The van der Waals surface area contributed by atoms with E-state index in [2.05, 4.69) is 10.1 Å². The lowest BCUT2D eigenvalue weighted by molar-refractivity contribution is 0.0198. The molecule has 2 aromatic heterocycles. The van der Waals surface area contributed by atoms with Gasteiger partial charge < -0.3 is 9.26 Å². The molecular weight excluding hydrogens is 292 g/mol. The van der Waals surface area contributed by atoms with Crippen LogP contribution >= 0.6 is 0 Å². The average Bonchev–Trinajstić information content (AvgIpc) is 2.98. The van der Waals surface area contributed by atoms with Crippen molar-refractivity contribution in [1.29, 1.82) is 0 Å². The van der Waals surface area contributed by atoms with E-state index in [-0.39, 0.29) is 5.56 Å². The summed E-state index contributed by atoms with van der Waals surface area (Å²) in [5, 5.41) is 2.28. The Morgan fingerprint density at radius 3 is 2.61 bits per heavy atom.